The van der Waals surface area contributed by atoms with Gasteiger partial charge in [-0.05, 0) is 48.4 Å². The van der Waals surface area contributed by atoms with E-state index in [9.17, 15) is 17.6 Å². The van der Waals surface area contributed by atoms with Crippen LogP contribution in [0.4, 0.5) is 10.1 Å². The molecular formula is C16H14FNO5S. The largest absolute Gasteiger partial charge is 0.497 e. The van der Waals surface area contributed by atoms with Gasteiger partial charge in [-0.25, -0.2) is 4.39 Å². The van der Waals surface area contributed by atoms with Crippen LogP contribution in [0.5, 0.6) is 11.5 Å². The van der Waals surface area contributed by atoms with E-state index >= 15 is 0 Å². The van der Waals surface area contributed by atoms with E-state index in [2.05, 4.69) is 5.32 Å². The maximum absolute atomic E-state index is 14.2. The average Bonchev–Trinajstić information content (AvgIpc) is 2.54. The summed E-state index contributed by atoms with van der Waals surface area (Å²) < 4.78 is 48.8. The van der Waals surface area contributed by atoms with Crippen molar-refractivity contribution in [2.45, 2.75) is 17.7 Å². The van der Waals surface area contributed by atoms with Crippen LogP contribution in [0.1, 0.15) is 12.0 Å². The van der Waals surface area contributed by atoms with Crippen LogP contribution in [0.15, 0.2) is 41.3 Å². The van der Waals surface area contributed by atoms with E-state index in [1.54, 1.807) is 0 Å². The van der Waals surface area contributed by atoms with Gasteiger partial charge in [-0.2, -0.15) is 8.42 Å². The number of aryl methyl sites for hydroxylation is 1. The van der Waals surface area contributed by atoms with Crippen molar-refractivity contribution in [3.05, 3.63) is 47.8 Å². The van der Waals surface area contributed by atoms with Gasteiger partial charge in [0, 0.05) is 12.1 Å². The molecule has 1 amide bonds. The van der Waals surface area contributed by atoms with Gasteiger partial charge in [-0.3, -0.25) is 4.79 Å². The Kier molecular flexibility index (Phi) is 4.15. The Labute approximate surface area is 138 Å². The molecule has 8 heteroatoms. The zero-order valence-electron chi connectivity index (χ0n) is 12.7. The first-order chi connectivity index (χ1) is 11.4. The van der Waals surface area contributed by atoms with Crippen molar-refractivity contribution in [2.24, 2.45) is 0 Å². The average molecular weight is 351 g/mol. The fourth-order valence-corrected chi connectivity index (χ4v) is 3.41. The Morgan fingerprint density at radius 1 is 1.08 bits per heavy atom. The number of hydrogen-bond donors (Lipinski definition) is 1. The van der Waals surface area contributed by atoms with Gasteiger partial charge >= 0.3 is 10.1 Å². The predicted molar refractivity (Wildman–Crippen MR) is 84.2 cm³/mol. The number of fused-ring (bicyclic) bond motifs is 1. The third-order valence-corrected chi connectivity index (χ3v) is 4.85. The van der Waals surface area contributed by atoms with Gasteiger partial charge in [0.2, 0.25) is 5.91 Å². The Hall–Kier alpha value is -2.61. The maximum Gasteiger partial charge on any atom is 0.342 e. The molecule has 1 aliphatic rings. The van der Waals surface area contributed by atoms with Gasteiger partial charge < -0.3 is 14.2 Å². The molecule has 0 saturated carbocycles. The first-order valence-electron chi connectivity index (χ1n) is 7.10. The smallest absolute Gasteiger partial charge is 0.342 e. The second-order valence-corrected chi connectivity index (χ2v) is 6.72. The highest BCUT2D eigenvalue weighted by Crippen LogP contribution is 2.30. The van der Waals surface area contributed by atoms with Gasteiger partial charge in [0.25, 0.3) is 0 Å². The molecule has 0 spiro atoms. The van der Waals surface area contributed by atoms with Crippen molar-refractivity contribution in [1.82, 2.24) is 0 Å². The summed E-state index contributed by atoms with van der Waals surface area (Å²) in [5.74, 6) is -0.631. The van der Waals surface area contributed by atoms with Gasteiger partial charge in [0.15, 0.2) is 0 Å². The number of amides is 1. The van der Waals surface area contributed by atoms with Gasteiger partial charge in [-0.15, -0.1) is 0 Å². The van der Waals surface area contributed by atoms with Gasteiger partial charge in [0.05, 0.1) is 7.11 Å². The molecule has 2 aromatic carbocycles. The van der Waals surface area contributed by atoms with E-state index in [1.807, 2.05) is 0 Å². The molecule has 6 nitrogen and oxygen atoms in total. The molecule has 0 saturated heterocycles. The molecule has 1 heterocycles. The molecule has 24 heavy (non-hydrogen) atoms. The van der Waals surface area contributed by atoms with E-state index in [0.717, 1.165) is 6.07 Å². The van der Waals surface area contributed by atoms with E-state index in [1.165, 1.54) is 37.4 Å². The van der Waals surface area contributed by atoms with Crippen LogP contribution in [0.25, 0.3) is 0 Å². The molecule has 3 rings (SSSR count). The second-order valence-electron chi connectivity index (χ2n) is 5.20. The summed E-state index contributed by atoms with van der Waals surface area (Å²) in [5.41, 5.74) is 0.833. The molecule has 0 aromatic heterocycles. The van der Waals surface area contributed by atoms with Crippen molar-refractivity contribution in [1.29, 1.82) is 0 Å². The third kappa shape index (κ3) is 3.18. The van der Waals surface area contributed by atoms with Crippen LogP contribution in [-0.4, -0.2) is 21.4 Å². The minimum Gasteiger partial charge on any atom is -0.497 e. The molecule has 0 atom stereocenters. The summed E-state index contributed by atoms with van der Waals surface area (Å²) in [7, 11) is -2.86. The first-order valence-corrected chi connectivity index (χ1v) is 8.51. The number of rotatable bonds is 4. The summed E-state index contributed by atoms with van der Waals surface area (Å²) >= 11 is 0. The van der Waals surface area contributed by atoms with Crippen molar-refractivity contribution in [3.8, 4) is 11.5 Å². The molecule has 0 fully saturated rings. The number of carbonyl (C=O) groups excluding carboxylic acids is 1. The minimum absolute atomic E-state index is 0.0428. The number of hydrogen-bond acceptors (Lipinski definition) is 5. The van der Waals surface area contributed by atoms with Crippen LogP contribution >= 0.6 is 0 Å². The third-order valence-electron chi connectivity index (χ3n) is 3.59. The first kappa shape index (κ1) is 16.3. The molecule has 0 bridgehead atoms. The number of methoxy groups -OCH3 is 1. The van der Waals surface area contributed by atoms with Crippen LogP contribution in [0, 0.1) is 5.82 Å². The van der Waals surface area contributed by atoms with Crippen molar-refractivity contribution < 1.29 is 26.5 Å². The van der Waals surface area contributed by atoms with Crippen LogP contribution < -0.4 is 14.2 Å². The molecule has 2 aromatic rings. The minimum atomic E-state index is -4.34. The highest BCUT2D eigenvalue weighted by molar-refractivity contribution is 7.87. The molecule has 1 N–H and O–H groups in total. The molecule has 0 unspecified atom stereocenters. The Bertz CT molecular complexity index is 893. The van der Waals surface area contributed by atoms with Crippen LogP contribution in [0.3, 0.4) is 0 Å². The summed E-state index contributed by atoms with van der Waals surface area (Å²) in [4.78, 5) is 10.8. The lowest BCUT2D eigenvalue weighted by Crippen LogP contribution is -2.20. The lowest BCUT2D eigenvalue weighted by Gasteiger charge is -2.18. The zero-order valence-corrected chi connectivity index (χ0v) is 13.5. The van der Waals surface area contributed by atoms with Crippen molar-refractivity contribution in [3.63, 3.8) is 0 Å². The summed E-state index contributed by atoms with van der Waals surface area (Å²) in [6.07, 6.45) is 0.559. The SMILES string of the molecule is COc1ccc(OS(=O)(=O)c2cc3c(cc2F)NC(=O)CC3)cc1. The number of nitrogens with one attached hydrogen (secondary N) is 1. The summed E-state index contributed by atoms with van der Waals surface area (Å²) in [5, 5.41) is 2.51. The molecule has 126 valence electrons. The maximum atomic E-state index is 14.2. The Balaban J connectivity index is 1.93. The molecule has 0 radical (unpaired) electrons. The number of halogens is 1. The van der Waals surface area contributed by atoms with Gasteiger partial charge in [0.1, 0.15) is 22.2 Å². The van der Waals surface area contributed by atoms with Crippen LogP contribution in [0.2, 0.25) is 0 Å². The van der Waals surface area contributed by atoms with E-state index < -0.39 is 20.8 Å². The second kappa shape index (κ2) is 6.12. The topological polar surface area (TPSA) is 81.7 Å². The number of ether oxygens (including phenoxy) is 1. The van der Waals surface area contributed by atoms with Gasteiger partial charge in [-0.1, -0.05) is 0 Å². The van der Waals surface area contributed by atoms with Crippen molar-refractivity contribution >= 4 is 21.7 Å². The van der Waals surface area contributed by atoms with E-state index in [-0.39, 0.29) is 23.8 Å². The summed E-state index contributed by atoms with van der Waals surface area (Å²) in [6.45, 7) is 0. The number of benzene rings is 2. The standard InChI is InChI=1S/C16H14FNO5S/c1-22-11-3-5-12(6-4-11)23-24(20,21)15-8-10-2-7-16(19)18-14(10)9-13(15)17/h3-6,8-9H,2,7H2,1H3,(H,18,19). The fraction of sp³-hybridized carbons (Fsp3) is 0.188. The molecule has 0 aliphatic carbocycles. The Morgan fingerprint density at radius 3 is 2.42 bits per heavy atom. The van der Waals surface area contributed by atoms with E-state index in [4.69, 9.17) is 8.92 Å². The monoisotopic (exact) mass is 351 g/mol. The zero-order chi connectivity index (χ0) is 17.3. The number of carbonyl (C=O) groups is 1. The highest BCUT2D eigenvalue weighted by Gasteiger charge is 2.26. The van der Waals surface area contributed by atoms with Crippen molar-refractivity contribution in [2.75, 3.05) is 12.4 Å². The lowest BCUT2D eigenvalue weighted by atomic mass is 10.0. The van der Waals surface area contributed by atoms with E-state index in [0.29, 0.717) is 17.7 Å². The Morgan fingerprint density at radius 2 is 1.75 bits per heavy atom. The number of anilines is 1. The lowest BCUT2D eigenvalue weighted by molar-refractivity contribution is -0.116. The predicted octanol–water partition coefficient (Wildman–Crippen LogP) is 2.49. The quantitative estimate of drug-likeness (QED) is 0.856. The molecular weight excluding hydrogens is 337 g/mol. The molecule has 1 aliphatic heterocycles. The van der Waals surface area contributed by atoms with Crippen LogP contribution in [-0.2, 0) is 21.3 Å². The normalized spacial score (nSPS) is 13.8. The summed E-state index contributed by atoms with van der Waals surface area (Å²) in [6, 6.07) is 8.08. The fourth-order valence-electron chi connectivity index (χ4n) is 2.37. The highest BCUT2D eigenvalue weighted by atomic mass is 32.2.